The number of ether oxygens (including phenoxy) is 1. The second-order valence-corrected chi connectivity index (χ2v) is 6.54. The molecule has 0 unspecified atom stereocenters. The highest BCUT2D eigenvalue weighted by Crippen LogP contribution is 2.21. The second kappa shape index (κ2) is 8.68. The van der Waals surface area contributed by atoms with Gasteiger partial charge in [-0.3, -0.25) is 14.9 Å². The van der Waals surface area contributed by atoms with E-state index >= 15 is 0 Å². The number of methoxy groups -OCH3 is 1. The molecule has 0 saturated heterocycles. The van der Waals surface area contributed by atoms with Crippen molar-refractivity contribution in [1.29, 1.82) is 0 Å². The number of aryl methyl sites for hydroxylation is 1. The monoisotopic (exact) mass is 395 g/mol. The molecule has 150 valence electrons. The van der Waals surface area contributed by atoms with Crippen LogP contribution in [0.1, 0.15) is 41.9 Å². The Morgan fingerprint density at radius 1 is 1.17 bits per heavy atom. The Labute approximate surface area is 167 Å². The summed E-state index contributed by atoms with van der Waals surface area (Å²) in [4.78, 5) is 29.7. The van der Waals surface area contributed by atoms with Crippen LogP contribution in [0, 0.1) is 5.82 Å². The first-order valence-electron chi connectivity index (χ1n) is 9.29. The number of nitrogens with one attached hydrogen (secondary N) is 1. The smallest absolute Gasteiger partial charge is 0.340 e. The zero-order valence-corrected chi connectivity index (χ0v) is 16.5. The van der Waals surface area contributed by atoms with Crippen LogP contribution in [0.2, 0.25) is 0 Å². The first kappa shape index (κ1) is 20.3. The van der Waals surface area contributed by atoms with Gasteiger partial charge in [-0.25, -0.2) is 13.9 Å². The zero-order chi connectivity index (χ0) is 21.0. The Kier molecular flexibility index (Phi) is 6.07. The van der Waals surface area contributed by atoms with Crippen molar-refractivity contribution in [2.45, 2.75) is 26.7 Å². The summed E-state index contributed by atoms with van der Waals surface area (Å²) in [5.74, 6) is -0.872. The summed E-state index contributed by atoms with van der Waals surface area (Å²) in [5.41, 5.74) is 2.65. The molecular weight excluding hydrogens is 373 g/mol. The Hall–Kier alpha value is -3.48. The number of H-pyrrole nitrogens is 1. The molecule has 0 spiro atoms. The van der Waals surface area contributed by atoms with Gasteiger partial charge in [-0.15, -0.1) is 0 Å². The first-order chi connectivity index (χ1) is 14.0. The van der Waals surface area contributed by atoms with Crippen LogP contribution in [0.5, 0.6) is 0 Å². The van der Waals surface area contributed by atoms with E-state index in [9.17, 15) is 14.0 Å². The number of rotatable bonds is 6. The lowest BCUT2D eigenvalue weighted by atomic mass is 10.1. The molecule has 7 heteroatoms. The van der Waals surface area contributed by atoms with Gasteiger partial charge in [-0.2, -0.15) is 0 Å². The van der Waals surface area contributed by atoms with Crippen molar-refractivity contribution in [3.8, 4) is 5.69 Å². The van der Waals surface area contributed by atoms with Crippen LogP contribution in [0.15, 0.2) is 58.3 Å². The van der Waals surface area contributed by atoms with E-state index in [0.29, 0.717) is 34.6 Å². The highest BCUT2D eigenvalue weighted by molar-refractivity contribution is 6.03. The SMILES string of the molecule is CCCc1[nH]n(-c2ccc(F)cc2)c(=O)c1C(C)=Nc1ccccc1C(=O)OC. The van der Waals surface area contributed by atoms with Crippen molar-refractivity contribution >= 4 is 17.4 Å². The van der Waals surface area contributed by atoms with Crippen molar-refractivity contribution < 1.29 is 13.9 Å². The number of halogens is 1. The Bertz CT molecular complexity index is 1110. The van der Waals surface area contributed by atoms with Crippen LogP contribution in [0.3, 0.4) is 0 Å². The predicted molar refractivity (Wildman–Crippen MR) is 110 cm³/mol. The summed E-state index contributed by atoms with van der Waals surface area (Å²) in [7, 11) is 1.31. The van der Waals surface area contributed by atoms with E-state index in [2.05, 4.69) is 10.1 Å². The minimum absolute atomic E-state index is 0.281. The number of nitrogens with zero attached hydrogens (tertiary/aromatic N) is 2. The van der Waals surface area contributed by atoms with Crippen molar-refractivity contribution in [3.63, 3.8) is 0 Å². The third-order valence-electron chi connectivity index (χ3n) is 4.51. The molecule has 6 nitrogen and oxygen atoms in total. The maximum absolute atomic E-state index is 13.3. The molecule has 0 saturated carbocycles. The number of aromatic amines is 1. The lowest BCUT2D eigenvalue weighted by molar-refractivity contribution is 0.0601. The van der Waals surface area contributed by atoms with Gasteiger partial charge in [-0.1, -0.05) is 25.5 Å². The standard InChI is InChI=1S/C22H22FN3O3/c1-4-7-19-20(21(27)26(25-19)16-12-10-15(23)11-13-16)14(2)24-18-9-6-5-8-17(18)22(28)29-3/h5-6,8-13,25H,4,7H2,1-3H3. The summed E-state index contributed by atoms with van der Waals surface area (Å²) >= 11 is 0. The van der Waals surface area contributed by atoms with Gasteiger partial charge in [0.05, 0.1) is 35.3 Å². The molecule has 0 radical (unpaired) electrons. The average Bonchev–Trinajstić information content (AvgIpc) is 3.04. The quantitative estimate of drug-likeness (QED) is 0.502. The molecular formula is C22H22FN3O3. The molecule has 0 fully saturated rings. The largest absolute Gasteiger partial charge is 0.465 e. The van der Waals surface area contributed by atoms with Crippen molar-refractivity contribution in [3.05, 3.63) is 81.5 Å². The van der Waals surface area contributed by atoms with Gasteiger partial charge in [-0.05, 0) is 49.7 Å². The highest BCUT2D eigenvalue weighted by Gasteiger charge is 2.18. The number of aliphatic imine (C=N–C) groups is 1. The van der Waals surface area contributed by atoms with Crippen molar-refractivity contribution in [2.24, 2.45) is 4.99 Å². The van der Waals surface area contributed by atoms with Gasteiger partial charge in [0, 0.05) is 5.69 Å². The van der Waals surface area contributed by atoms with Gasteiger partial charge in [0.1, 0.15) is 5.82 Å². The topological polar surface area (TPSA) is 76.5 Å². The molecule has 1 N–H and O–H groups in total. The first-order valence-corrected chi connectivity index (χ1v) is 9.29. The second-order valence-electron chi connectivity index (χ2n) is 6.54. The maximum Gasteiger partial charge on any atom is 0.340 e. The average molecular weight is 395 g/mol. The Morgan fingerprint density at radius 3 is 2.52 bits per heavy atom. The number of para-hydroxylation sites is 1. The normalized spacial score (nSPS) is 11.5. The number of hydrogen-bond acceptors (Lipinski definition) is 4. The van der Waals surface area contributed by atoms with E-state index in [1.165, 1.54) is 36.1 Å². The molecule has 3 aromatic rings. The molecule has 0 amide bonds. The third-order valence-corrected chi connectivity index (χ3v) is 4.51. The fourth-order valence-corrected chi connectivity index (χ4v) is 3.15. The van der Waals surface area contributed by atoms with E-state index < -0.39 is 5.97 Å². The maximum atomic E-state index is 13.3. The molecule has 2 aromatic carbocycles. The van der Waals surface area contributed by atoms with E-state index in [1.54, 1.807) is 31.2 Å². The van der Waals surface area contributed by atoms with Gasteiger partial charge in [0.15, 0.2) is 0 Å². The van der Waals surface area contributed by atoms with Crippen molar-refractivity contribution in [2.75, 3.05) is 7.11 Å². The van der Waals surface area contributed by atoms with Crippen LogP contribution in [0.4, 0.5) is 10.1 Å². The van der Waals surface area contributed by atoms with Gasteiger partial charge in [0.2, 0.25) is 0 Å². The minimum Gasteiger partial charge on any atom is -0.465 e. The molecule has 0 atom stereocenters. The van der Waals surface area contributed by atoms with Crippen LogP contribution in [-0.4, -0.2) is 28.6 Å². The molecule has 1 heterocycles. The molecule has 0 aliphatic heterocycles. The van der Waals surface area contributed by atoms with Crippen molar-refractivity contribution in [1.82, 2.24) is 9.78 Å². The number of esters is 1. The summed E-state index contributed by atoms with van der Waals surface area (Å²) in [5, 5.41) is 3.11. The lowest BCUT2D eigenvalue weighted by Crippen LogP contribution is -2.19. The van der Waals surface area contributed by atoms with E-state index in [-0.39, 0.29) is 11.4 Å². The van der Waals surface area contributed by atoms with Crippen LogP contribution < -0.4 is 5.56 Å². The predicted octanol–water partition coefficient (Wildman–Crippen LogP) is 4.18. The minimum atomic E-state index is -0.497. The van der Waals surface area contributed by atoms with Gasteiger partial charge in [0.25, 0.3) is 5.56 Å². The summed E-state index contributed by atoms with van der Waals surface area (Å²) in [6.07, 6.45) is 1.46. The molecule has 0 aliphatic rings. The van der Waals surface area contributed by atoms with E-state index in [0.717, 1.165) is 12.1 Å². The van der Waals surface area contributed by atoms with Crippen LogP contribution in [0.25, 0.3) is 5.69 Å². The molecule has 1 aromatic heterocycles. The van der Waals surface area contributed by atoms with E-state index in [1.807, 2.05) is 6.92 Å². The lowest BCUT2D eigenvalue weighted by Gasteiger charge is -2.05. The number of benzene rings is 2. The number of carbonyl (C=O) groups is 1. The fraction of sp³-hybridized carbons (Fsp3) is 0.227. The third kappa shape index (κ3) is 4.18. The number of hydrogen-bond donors (Lipinski definition) is 1. The molecule has 0 bridgehead atoms. The van der Waals surface area contributed by atoms with E-state index in [4.69, 9.17) is 4.74 Å². The molecule has 3 rings (SSSR count). The Balaban J connectivity index is 2.13. The van der Waals surface area contributed by atoms with Gasteiger partial charge >= 0.3 is 5.97 Å². The Morgan fingerprint density at radius 2 is 1.86 bits per heavy atom. The summed E-state index contributed by atoms with van der Waals surface area (Å²) in [6, 6.07) is 12.5. The summed E-state index contributed by atoms with van der Waals surface area (Å²) < 4.78 is 19.4. The molecule has 0 aliphatic carbocycles. The number of aromatic nitrogens is 2. The van der Waals surface area contributed by atoms with Crippen LogP contribution in [-0.2, 0) is 11.2 Å². The van der Waals surface area contributed by atoms with Gasteiger partial charge < -0.3 is 4.74 Å². The fourth-order valence-electron chi connectivity index (χ4n) is 3.15. The van der Waals surface area contributed by atoms with Crippen LogP contribution >= 0.6 is 0 Å². The summed E-state index contributed by atoms with van der Waals surface area (Å²) in [6.45, 7) is 3.74. The highest BCUT2D eigenvalue weighted by atomic mass is 19.1. The molecule has 29 heavy (non-hydrogen) atoms. The number of carbonyl (C=O) groups excluding carboxylic acids is 1. The zero-order valence-electron chi connectivity index (χ0n) is 16.5.